The summed E-state index contributed by atoms with van der Waals surface area (Å²) in [6.45, 7) is 9.90. The van der Waals surface area contributed by atoms with E-state index in [0.717, 1.165) is 6.42 Å². The van der Waals surface area contributed by atoms with E-state index in [1.165, 1.54) is 0 Å². The van der Waals surface area contributed by atoms with E-state index in [0.29, 0.717) is 6.42 Å². The van der Waals surface area contributed by atoms with Gasteiger partial charge in [0.2, 0.25) is 0 Å². The Bertz CT molecular complexity index is 223. The zero-order valence-corrected chi connectivity index (χ0v) is 10.4. The highest BCUT2D eigenvalue weighted by atomic mass is 16.5. The van der Waals surface area contributed by atoms with Crippen LogP contribution in [0.25, 0.3) is 0 Å². The van der Waals surface area contributed by atoms with E-state index in [1.54, 1.807) is 0 Å². The molecule has 3 atom stereocenters. The summed E-state index contributed by atoms with van der Waals surface area (Å²) in [6, 6.07) is 0. The molecule has 1 aliphatic heterocycles. The van der Waals surface area contributed by atoms with Crippen LogP contribution in [0.2, 0.25) is 0 Å². The molecule has 1 heterocycles. The maximum Gasteiger partial charge on any atom is 0.0855 e. The van der Waals surface area contributed by atoms with Crippen molar-refractivity contribution < 1.29 is 14.9 Å². The van der Waals surface area contributed by atoms with Crippen LogP contribution in [0, 0.1) is 5.92 Å². The molecule has 1 fully saturated rings. The quantitative estimate of drug-likeness (QED) is 0.755. The zero-order chi connectivity index (χ0) is 11.9. The molecule has 0 aromatic heterocycles. The topological polar surface area (TPSA) is 49.7 Å². The van der Waals surface area contributed by atoms with E-state index in [1.807, 2.05) is 34.6 Å². The van der Waals surface area contributed by atoms with E-state index >= 15 is 0 Å². The van der Waals surface area contributed by atoms with Crippen LogP contribution in [0.5, 0.6) is 0 Å². The first-order valence-corrected chi connectivity index (χ1v) is 5.76. The van der Waals surface area contributed by atoms with Crippen LogP contribution in [0.3, 0.4) is 0 Å². The molecule has 1 rings (SSSR count). The van der Waals surface area contributed by atoms with Crippen molar-refractivity contribution in [3.05, 3.63) is 0 Å². The Morgan fingerprint density at radius 3 is 2.13 bits per heavy atom. The smallest absolute Gasteiger partial charge is 0.0855 e. The fraction of sp³-hybridized carbons (Fsp3) is 1.00. The molecule has 1 aliphatic rings. The van der Waals surface area contributed by atoms with Gasteiger partial charge in [-0.1, -0.05) is 6.92 Å². The molecule has 0 aromatic carbocycles. The molecule has 3 unspecified atom stereocenters. The van der Waals surface area contributed by atoms with Crippen LogP contribution in [-0.4, -0.2) is 33.6 Å². The summed E-state index contributed by atoms with van der Waals surface area (Å²) >= 11 is 0. The van der Waals surface area contributed by atoms with E-state index in [4.69, 9.17) is 4.74 Å². The Morgan fingerprint density at radius 1 is 1.27 bits per heavy atom. The lowest BCUT2D eigenvalue weighted by Crippen LogP contribution is -2.42. The number of rotatable bonds is 3. The third-order valence-corrected chi connectivity index (χ3v) is 3.37. The zero-order valence-electron chi connectivity index (χ0n) is 10.4. The average Bonchev–Trinajstić information content (AvgIpc) is 2.31. The van der Waals surface area contributed by atoms with Crippen LogP contribution in [0.4, 0.5) is 0 Å². The molecule has 3 nitrogen and oxygen atoms in total. The monoisotopic (exact) mass is 216 g/mol. The third-order valence-electron chi connectivity index (χ3n) is 3.37. The molecule has 3 heteroatoms. The maximum absolute atomic E-state index is 10.1. The van der Waals surface area contributed by atoms with E-state index in [-0.39, 0.29) is 17.1 Å². The minimum Gasteiger partial charge on any atom is -0.390 e. The summed E-state index contributed by atoms with van der Waals surface area (Å²) in [5.74, 6) is 0.00227. The van der Waals surface area contributed by atoms with Crippen LogP contribution in [-0.2, 0) is 4.74 Å². The Hall–Kier alpha value is -0.120. The van der Waals surface area contributed by atoms with Gasteiger partial charge in [-0.25, -0.2) is 0 Å². The first-order valence-electron chi connectivity index (χ1n) is 5.76. The Labute approximate surface area is 92.4 Å². The van der Waals surface area contributed by atoms with Crippen LogP contribution >= 0.6 is 0 Å². The van der Waals surface area contributed by atoms with E-state index in [2.05, 4.69) is 0 Å². The Morgan fingerprint density at radius 2 is 1.80 bits per heavy atom. The van der Waals surface area contributed by atoms with Gasteiger partial charge >= 0.3 is 0 Å². The molecule has 0 aromatic rings. The lowest BCUT2D eigenvalue weighted by atomic mass is 9.80. The summed E-state index contributed by atoms with van der Waals surface area (Å²) in [4.78, 5) is 0. The molecule has 0 bridgehead atoms. The number of aliphatic hydroxyl groups excluding tert-OH is 2. The van der Waals surface area contributed by atoms with Gasteiger partial charge in [0.05, 0.1) is 23.4 Å². The largest absolute Gasteiger partial charge is 0.390 e. The van der Waals surface area contributed by atoms with Crippen molar-refractivity contribution in [3.63, 3.8) is 0 Å². The first kappa shape index (κ1) is 12.9. The van der Waals surface area contributed by atoms with Gasteiger partial charge in [0.25, 0.3) is 0 Å². The van der Waals surface area contributed by atoms with Crippen molar-refractivity contribution in [1.29, 1.82) is 0 Å². The number of aliphatic hydroxyl groups is 2. The molecule has 2 N–H and O–H groups in total. The number of ether oxygens (including phenoxy) is 1. The average molecular weight is 216 g/mol. The van der Waals surface area contributed by atoms with Crippen LogP contribution < -0.4 is 0 Å². The molecule has 90 valence electrons. The van der Waals surface area contributed by atoms with Crippen molar-refractivity contribution >= 4 is 0 Å². The Balaban J connectivity index is 2.78. The summed E-state index contributed by atoms with van der Waals surface area (Å²) < 4.78 is 5.89. The normalized spacial score (nSPS) is 32.6. The van der Waals surface area contributed by atoms with Crippen LogP contribution in [0.1, 0.15) is 47.5 Å². The van der Waals surface area contributed by atoms with E-state index in [9.17, 15) is 10.2 Å². The fourth-order valence-corrected chi connectivity index (χ4v) is 2.65. The van der Waals surface area contributed by atoms with Crippen molar-refractivity contribution in [2.24, 2.45) is 5.92 Å². The predicted octanol–water partition coefficient (Wildman–Crippen LogP) is 1.71. The molecule has 0 amide bonds. The summed E-state index contributed by atoms with van der Waals surface area (Å²) in [6.07, 6.45) is 0.0328. The molecule has 0 radical (unpaired) electrons. The minimum absolute atomic E-state index is 0.00227. The second-order valence-corrected chi connectivity index (χ2v) is 5.74. The van der Waals surface area contributed by atoms with Gasteiger partial charge in [-0.3, -0.25) is 0 Å². The van der Waals surface area contributed by atoms with Crippen molar-refractivity contribution in [1.82, 2.24) is 0 Å². The number of hydrogen-bond acceptors (Lipinski definition) is 3. The van der Waals surface area contributed by atoms with Crippen molar-refractivity contribution in [2.45, 2.75) is 70.9 Å². The molecular formula is C12H24O3. The fourth-order valence-electron chi connectivity index (χ4n) is 2.65. The highest BCUT2D eigenvalue weighted by Gasteiger charge is 2.49. The lowest BCUT2D eigenvalue weighted by molar-refractivity contribution is -0.103. The van der Waals surface area contributed by atoms with Gasteiger partial charge in [0.1, 0.15) is 0 Å². The molecular weight excluding hydrogens is 192 g/mol. The predicted molar refractivity (Wildman–Crippen MR) is 59.7 cm³/mol. The first-order chi connectivity index (χ1) is 6.69. The minimum atomic E-state index is -0.688. The summed E-state index contributed by atoms with van der Waals surface area (Å²) in [5, 5.41) is 19.7. The van der Waals surface area contributed by atoms with Crippen LogP contribution in [0.15, 0.2) is 0 Å². The van der Waals surface area contributed by atoms with Crippen molar-refractivity contribution in [3.8, 4) is 0 Å². The molecule has 1 saturated heterocycles. The lowest BCUT2D eigenvalue weighted by Gasteiger charge is -2.32. The van der Waals surface area contributed by atoms with Crippen molar-refractivity contribution in [2.75, 3.05) is 0 Å². The summed E-state index contributed by atoms with van der Waals surface area (Å²) in [5.41, 5.74) is -0.568. The van der Waals surface area contributed by atoms with Gasteiger partial charge in [-0.2, -0.15) is 0 Å². The van der Waals surface area contributed by atoms with Gasteiger partial charge in [-0.15, -0.1) is 0 Å². The molecule has 0 spiro atoms. The second-order valence-electron chi connectivity index (χ2n) is 5.74. The third kappa shape index (κ3) is 2.71. The highest BCUT2D eigenvalue weighted by Crippen LogP contribution is 2.44. The highest BCUT2D eigenvalue weighted by molar-refractivity contribution is 4.98. The van der Waals surface area contributed by atoms with Gasteiger partial charge in [-0.05, 0) is 40.5 Å². The second kappa shape index (κ2) is 4.04. The van der Waals surface area contributed by atoms with Gasteiger partial charge in [0.15, 0.2) is 0 Å². The molecule has 0 saturated carbocycles. The summed E-state index contributed by atoms with van der Waals surface area (Å²) in [7, 11) is 0. The maximum atomic E-state index is 10.1. The standard InChI is InChI=1S/C12H24O3/c1-6-9(13)10(14)8-7-11(2,3)15-12(8,4)5/h8-10,13-14H,6-7H2,1-5H3. The number of hydrogen-bond donors (Lipinski definition) is 2. The van der Waals surface area contributed by atoms with Gasteiger partial charge < -0.3 is 14.9 Å². The Kier molecular flexibility index (Phi) is 3.49. The molecule has 0 aliphatic carbocycles. The molecule has 15 heavy (non-hydrogen) atoms. The van der Waals surface area contributed by atoms with Gasteiger partial charge in [0, 0.05) is 5.92 Å². The SMILES string of the molecule is CCC(O)C(O)C1CC(C)(C)OC1(C)C. The van der Waals surface area contributed by atoms with E-state index < -0.39 is 12.2 Å².